The fourth-order valence-corrected chi connectivity index (χ4v) is 2.32. The summed E-state index contributed by atoms with van der Waals surface area (Å²) in [5.74, 6) is -1.85. The van der Waals surface area contributed by atoms with Gasteiger partial charge in [-0.2, -0.15) is 0 Å². The van der Waals surface area contributed by atoms with Crippen LogP contribution in [-0.2, 0) is 14.3 Å². The molecule has 148 valence electrons. The van der Waals surface area contributed by atoms with Crippen LogP contribution in [0.25, 0.3) is 0 Å². The molecule has 1 N–H and O–H groups in total. The average Bonchev–Trinajstić information content (AvgIpc) is 2.69. The third-order valence-electron chi connectivity index (χ3n) is 3.86. The predicted molar refractivity (Wildman–Crippen MR) is 100 cm³/mol. The summed E-state index contributed by atoms with van der Waals surface area (Å²) in [6, 6.07) is 12.8. The molecule has 6 nitrogen and oxygen atoms in total. The van der Waals surface area contributed by atoms with E-state index in [0.717, 1.165) is 12.1 Å². The zero-order chi connectivity index (χ0) is 20.5. The molecule has 0 spiro atoms. The minimum Gasteiger partial charge on any atom is -0.484 e. The van der Waals surface area contributed by atoms with Crippen LogP contribution in [0.15, 0.2) is 54.6 Å². The van der Waals surface area contributed by atoms with Gasteiger partial charge in [-0.05, 0) is 42.3 Å². The first-order valence-corrected chi connectivity index (χ1v) is 8.79. The van der Waals surface area contributed by atoms with Crippen LogP contribution in [0.3, 0.4) is 0 Å². The Kier molecular flexibility index (Phi) is 7.68. The number of Topliss-reactive ketones (excluding diaryl/α,β-unsaturated/α-hetero) is 1. The molecule has 0 fully saturated rings. The molecule has 0 radical (unpaired) electrons. The molecule has 0 saturated carbocycles. The number of carbonyl (C=O) groups excluding carboxylic acids is 3. The van der Waals surface area contributed by atoms with E-state index in [0.29, 0.717) is 5.75 Å². The van der Waals surface area contributed by atoms with Crippen molar-refractivity contribution in [2.75, 3.05) is 13.2 Å². The number of ether oxygens (including phenoxy) is 2. The molecule has 28 heavy (non-hydrogen) atoms. The maximum atomic E-state index is 12.9. The lowest BCUT2D eigenvalue weighted by molar-refractivity contribution is -0.148. The van der Waals surface area contributed by atoms with Crippen LogP contribution in [0.2, 0.25) is 0 Å². The van der Waals surface area contributed by atoms with Crippen LogP contribution in [0.1, 0.15) is 24.2 Å². The second kappa shape index (κ2) is 10.2. The Labute approximate surface area is 162 Å². The van der Waals surface area contributed by atoms with Crippen molar-refractivity contribution < 1.29 is 28.2 Å². The maximum Gasteiger partial charge on any atom is 0.329 e. The number of ketones is 1. The number of hydrogen-bond acceptors (Lipinski definition) is 5. The first-order valence-electron chi connectivity index (χ1n) is 8.79. The molecule has 2 rings (SSSR count). The molecule has 2 aromatic carbocycles. The number of rotatable bonds is 9. The summed E-state index contributed by atoms with van der Waals surface area (Å²) in [6.45, 7) is 2.73. The normalized spacial score (nSPS) is 11.6. The second-order valence-corrected chi connectivity index (χ2v) is 6.43. The first-order chi connectivity index (χ1) is 13.4. The van der Waals surface area contributed by atoms with Crippen LogP contribution < -0.4 is 10.1 Å². The Balaban J connectivity index is 1.85. The number of benzene rings is 2. The minimum absolute atomic E-state index is 0.232. The van der Waals surface area contributed by atoms with Gasteiger partial charge < -0.3 is 14.8 Å². The van der Waals surface area contributed by atoms with Gasteiger partial charge in [0.25, 0.3) is 5.91 Å². The molecule has 0 unspecified atom stereocenters. The van der Waals surface area contributed by atoms with E-state index < -0.39 is 36.1 Å². The van der Waals surface area contributed by atoms with Gasteiger partial charge in [0.15, 0.2) is 19.0 Å². The van der Waals surface area contributed by atoms with E-state index in [1.54, 1.807) is 38.1 Å². The standard InChI is InChI=1S/C21H22FNO5/c1-14(2)20(23-19(25)13-27-17-6-4-3-5-7-17)21(26)28-12-18(24)15-8-10-16(22)11-9-15/h3-11,14,20H,12-13H2,1-2H3,(H,23,25)/t20-/m0/s1. The second-order valence-electron chi connectivity index (χ2n) is 6.43. The molecular weight excluding hydrogens is 365 g/mol. The molecule has 0 aliphatic carbocycles. The Morgan fingerprint density at radius 1 is 0.964 bits per heavy atom. The quantitative estimate of drug-likeness (QED) is 0.529. The molecule has 0 heterocycles. The minimum atomic E-state index is -0.923. The highest BCUT2D eigenvalue weighted by Crippen LogP contribution is 2.09. The lowest BCUT2D eigenvalue weighted by atomic mass is 10.0. The first kappa shape index (κ1) is 21.1. The highest BCUT2D eigenvalue weighted by Gasteiger charge is 2.26. The SMILES string of the molecule is CC(C)[C@H](NC(=O)COc1ccccc1)C(=O)OCC(=O)c1ccc(F)cc1. The van der Waals surface area contributed by atoms with Crippen LogP contribution in [0.4, 0.5) is 4.39 Å². The lowest BCUT2D eigenvalue weighted by Gasteiger charge is -2.20. The topological polar surface area (TPSA) is 81.7 Å². The van der Waals surface area contributed by atoms with Gasteiger partial charge in [-0.3, -0.25) is 9.59 Å². The third kappa shape index (κ3) is 6.50. The monoisotopic (exact) mass is 387 g/mol. The summed E-state index contributed by atoms with van der Waals surface area (Å²) >= 11 is 0. The highest BCUT2D eigenvalue weighted by molar-refractivity contribution is 5.98. The summed E-state index contributed by atoms with van der Waals surface area (Å²) in [4.78, 5) is 36.4. The molecule has 0 aliphatic rings. The van der Waals surface area contributed by atoms with Crippen molar-refractivity contribution in [3.05, 3.63) is 66.0 Å². The molecule has 0 aliphatic heterocycles. The summed E-state index contributed by atoms with van der Waals surface area (Å²) in [5, 5.41) is 2.56. The molecule has 0 bridgehead atoms. The van der Waals surface area contributed by atoms with E-state index >= 15 is 0 Å². The summed E-state index contributed by atoms with van der Waals surface area (Å²) in [6.07, 6.45) is 0. The van der Waals surface area contributed by atoms with E-state index in [1.807, 2.05) is 6.07 Å². The zero-order valence-electron chi connectivity index (χ0n) is 15.7. The lowest BCUT2D eigenvalue weighted by Crippen LogP contribution is -2.47. The summed E-state index contributed by atoms with van der Waals surface area (Å²) in [5.41, 5.74) is 0.232. The molecule has 7 heteroatoms. The Morgan fingerprint density at radius 3 is 2.21 bits per heavy atom. The van der Waals surface area contributed by atoms with Gasteiger partial charge >= 0.3 is 5.97 Å². The smallest absolute Gasteiger partial charge is 0.329 e. The number of halogens is 1. The van der Waals surface area contributed by atoms with Crippen molar-refractivity contribution >= 4 is 17.7 Å². The van der Waals surface area contributed by atoms with Gasteiger partial charge in [-0.15, -0.1) is 0 Å². The van der Waals surface area contributed by atoms with Crippen molar-refractivity contribution in [1.29, 1.82) is 0 Å². The summed E-state index contributed by atoms with van der Waals surface area (Å²) in [7, 11) is 0. The van der Waals surface area contributed by atoms with Gasteiger partial charge in [-0.1, -0.05) is 32.0 Å². The van der Waals surface area contributed by atoms with Gasteiger partial charge in [0.2, 0.25) is 0 Å². The largest absolute Gasteiger partial charge is 0.484 e. The third-order valence-corrected chi connectivity index (χ3v) is 3.86. The fourth-order valence-electron chi connectivity index (χ4n) is 2.32. The maximum absolute atomic E-state index is 12.9. The van der Waals surface area contributed by atoms with E-state index in [1.165, 1.54) is 12.1 Å². The number of nitrogens with one attached hydrogen (secondary N) is 1. The number of esters is 1. The van der Waals surface area contributed by atoms with E-state index in [9.17, 15) is 18.8 Å². The predicted octanol–water partition coefficient (Wildman–Crippen LogP) is 2.77. The Bertz CT molecular complexity index is 805. The molecule has 0 saturated heterocycles. The molecule has 1 atom stereocenters. The molecule has 2 aromatic rings. The number of hydrogen-bond donors (Lipinski definition) is 1. The average molecular weight is 387 g/mol. The van der Waals surface area contributed by atoms with Gasteiger partial charge in [0, 0.05) is 5.56 Å². The number of amides is 1. The van der Waals surface area contributed by atoms with Crippen LogP contribution >= 0.6 is 0 Å². The zero-order valence-corrected chi connectivity index (χ0v) is 15.7. The molecule has 0 aromatic heterocycles. The van der Waals surface area contributed by atoms with Crippen molar-refractivity contribution in [3.8, 4) is 5.75 Å². The number of carbonyl (C=O) groups is 3. The van der Waals surface area contributed by atoms with Crippen molar-refractivity contribution in [3.63, 3.8) is 0 Å². The number of para-hydroxylation sites is 1. The molecular formula is C21H22FNO5. The fraction of sp³-hybridized carbons (Fsp3) is 0.286. The highest BCUT2D eigenvalue weighted by atomic mass is 19.1. The molecule has 1 amide bonds. The van der Waals surface area contributed by atoms with Gasteiger partial charge in [-0.25, -0.2) is 9.18 Å². The van der Waals surface area contributed by atoms with E-state index in [-0.39, 0.29) is 18.1 Å². The summed E-state index contributed by atoms with van der Waals surface area (Å²) < 4.78 is 23.3. The Hall–Kier alpha value is -3.22. The van der Waals surface area contributed by atoms with Crippen molar-refractivity contribution in [1.82, 2.24) is 5.32 Å². The van der Waals surface area contributed by atoms with Gasteiger partial charge in [0.1, 0.15) is 17.6 Å². The van der Waals surface area contributed by atoms with Crippen LogP contribution in [0.5, 0.6) is 5.75 Å². The van der Waals surface area contributed by atoms with Crippen LogP contribution in [0, 0.1) is 11.7 Å². The van der Waals surface area contributed by atoms with Gasteiger partial charge in [0.05, 0.1) is 0 Å². The van der Waals surface area contributed by atoms with Crippen LogP contribution in [-0.4, -0.2) is 36.9 Å². The van der Waals surface area contributed by atoms with Crippen molar-refractivity contribution in [2.24, 2.45) is 5.92 Å². The van der Waals surface area contributed by atoms with Crippen molar-refractivity contribution in [2.45, 2.75) is 19.9 Å². The Morgan fingerprint density at radius 2 is 1.61 bits per heavy atom. The van der Waals surface area contributed by atoms with E-state index in [4.69, 9.17) is 9.47 Å². The van der Waals surface area contributed by atoms with E-state index in [2.05, 4.69) is 5.32 Å².